The molecule has 5 nitrogen and oxygen atoms in total. The fourth-order valence-corrected chi connectivity index (χ4v) is 3.49. The Hall–Kier alpha value is -2.89. The molecule has 1 amide bonds. The fourth-order valence-electron chi connectivity index (χ4n) is 2.99. The number of pyridine rings is 1. The number of aromatic nitrogens is 1. The molecule has 0 fully saturated rings. The van der Waals surface area contributed by atoms with Crippen LogP contribution in [0, 0.1) is 0 Å². The molecule has 0 aliphatic heterocycles. The van der Waals surface area contributed by atoms with Gasteiger partial charge in [0, 0.05) is 36.4 Å². The van der Waals surface area contributed by atoms with E-state index in [2.05, 4.69) is 0 Å². The Morgan fingerprint density at radius 1 is 1.00 bits per heavy atom. The lowest BCUT2D eigenvalue weighted by atomic mass is 10.0. The van der Waals surface area contributed by atoms with Crippen molar-refractivity contribution in [3.63, 3.8) is 0 Å². The minimum atomic E-state index is -1.38. The van der Waals surface area contributed by atoms with Crippen LogP contribution in [0.15, 0.2) is 77.7 Å². The van der Waals surface area contributed by atoms with E-state index in [1.165, 1.54) is 35.4 Å². The van der Waals surface area contributed by atoms with Crippen molar-refractivity contribution in [3.05, 3.63) is 104 Å². The summed E-state index contributed by atoms with van der Waals surface area (Å²) in [7, 11) is 1.59. The second-order valence-corrected chi connectivity index (χ2v) is 7.36. The SMILES string of the molecule is CN(Cc1ccccc1)C(=O)C(C(=O)c1ccc(Cl)cc1Cl)n1ccccc1=O. The molecule has 0 spiro atoms. The van der Waals surface area contributed by atoms with Crippen molar-refractivity contribution in [2.24, 2.45) is 0 Å². The lowest BCUT2D eigenvalue weighted by Gasteiger charge is -2.25. The summed E-state index contributed by atoms with van der Waals surface area (Å²) < 4.78 is 1.12. The normalized spacial score (nSPS) is 11.7. The highest BCUT2D eigenvalue weighted by Crippen LogP contribution is 2.26. The first-order valence-corrected chi connectivity index (χ1v) is 9.59. The van der Waals surface area contributed by atoms with Crippen LogP contribution in [-0.2, 0) is 11.3 Å². The lowest BCUT2D eigenvalue weighted by molar-refractivity contribution is -0.132. The molecular weight excluding hydrogens is 411 g/mol. The third-order valence-electron chi connectivity index (χ3n) is 4.45. The zero-order chi connectivity index (χ0) is 21.0. The molecule has 0 radical (unpaired) electrons. The van der Waals surface area contributed by atoms with Crippen LogP contribution in [0.2, 0.25) is 10.0 Å². The Morgan fingerprint density at radius 2 is 1.69 bits per heavy atom. The first-order valence-electron chi connectivity index (χ1n) is 8.84. The van der Waals surface area contributed by atoms with Gasteiger partial charge in [-0.1, -0.05) is 59.6 Å². The van der Waals surface area contributed by atoms with Crippen molar-refractivity contribution in [1.82, 2.24) is 9.47 Å². The number of hydrogen-bond acceptors (Lipinski definition) is 3. The number of halogens is 2. The standard InChI is InChI=1S/C22H18Cl2N2O3/c1-25(14-15-7-3-2-4-8-15)22(29)20(26-12-6-5-9-19(26)27)21(28)17-11-10-16(23)13-18(17)24/h2-13,20H,14H2,1H3. The van der Waals surface area contributed by atoms with Crippen LogP contribution in [0.5, 0.6) is 0 Å². The summed E-state index contributed by atoms with van der Waals surface area (Å²) >= 11 is 12.1. The van der Waals surface area contributed by atoms with E-state index in [-0.39, 0.29) is 10.6 Å². The van der Waals surface area contributed by atoms with Gasteiger partial charge in [0.25, 0.3) is 11.5 Å². The third kappa shape index (κ3) is 4.75. The minimum Gasteiger partial charge on any atom is -0.339 e. The summed E-state index contributed by atoms with van der Waals surface area (Å²) in [5.41, 5.74) is 0.565. The zero-order valence-electron chi connectivity index (χ0n) is 15.6. The van der Waals surface area contributed by atoms with Gasteiger partial charge in [0.2, 0.25) is 0 Å². The van der Waals surface area contributed by atoms with E-state index in [1.54, 1.807) is 19.2 Å². The van der Waals surface area contributed by atoms with Gasteiger partial charge in [-0.2, -0.15) is 0 Å². The summed E-state index contributed by atoms with van der Waals surface area (Å²) in [4.78, 5) is 40.4. The molecule has 7 heteroatoms. The molecule has 3 rings (SSSR count). The molecule has 1 heterocycles. The second kappa shape index (κ2) is 9.07. The minimum absolute atomic E-state index is 0.120. The molecule has 148 valence electrons. The van der Waals surface area contributed by atoms with Gasteiger partial charge in [0.1, 0.15) is 0 Å². The van der Waals surface area contributed by atoms with E-state index in [0.29, 0.717) is 11.6 Å². The Labute approximate surface area is 178 Å². The van der Waals surface area contributed by atoms with Crippen molar-refractivity contribution >= 4 is 34.9 Å². The Bertz CT molecular complexity index is 1100. The highest BCUT2D eigenvalue weighted by Gasteiger charge is 2.33. The van der Waals surface area contributed by atoms with E-state index < -0.39 is 23.3 Å². The number of rotatable bonds is 6. The Kier molecular flexibility index (Phi) is 6.52. The quantitative estimate of drug-likeness (QED) is 0.435. The molecule has 1 atom stereocenters. The summed E-state index contributed by atoms with van der Waals surface area (Å²) in [6, 6.07) is 16.8. The number of benzene rings is 2. The number of carbonyl (C=O) groups is 2. The maximum absolute atomic E-state index is 13.3. The molecule has 1 unspecified atom stereocenters. The van der Waals surface area contributed by atoms with Gasteiger partial charge in [0.15, 0.2) is 11.8 Å². The van der Waals surface area contributed by atoms with Crippen molar-refractivity contribution < 1.29 is 9.59 Å². The van der Waals surface area contributed by atoms with E-state index in [0.717, 1.165) is 10.1 Å². The Balaban J connectivity index is 2.01. The average molecular weight is 429 g/mol. The smallest absolute Gasteiger partial charge is 0.253 e. The Morgan fingerprint density at radius 3 is 2.34 bits per heavy atom. The highest BCUT2D eigenvalue weighted by atomic mass is 35.5. The van der Waals surface area contributed by atoms with E-state index in [9.17, 15) is 14.4 Å². The summed E-state index contributed by atoms with van der Waals surface area (Å²) in [6.45, 7) is 0.291. The number of nitrogens with zero attached hydrogens (tertiary/aromatic N) is 2. The van der Waals surface area contributed by atoms with Crippen molar-refractivity contribution in [2.75, 3.05) is 7.05 Å². The lowest BCUT2D eigenvalue weighted by Crippen LogP contribution is -2.41. The van der Waals surface area contributed by atoms with E-state index >= 15 is 0 Å². The van der Waals surface area contributed by atoms with Crippen molar-refractivity contribution in [2.45, 2.75) is 12.6 Å². The first kappa shape index (κ1) is 20.8. The van der Waals surface area contributed by atoms with Crippen molar-refractivity contribution in [1.29, 1.82) is 0 Å². The first-order chi connectivity index (χ1) is 13.9. The zero-order valence-corrected chi connectivity index (χ0v) is 17.1. The van der Waals surface area contributed by atoms with E-state index in [1.807, 2.05) is 30.3 Å². The molecule has 0 aliphatic carbocycles. The number of Topliss-reactive ketones (excluding diaryl/α,β-unsaturated/α-hetero) is 1. The number of likely N-dealkylation sites (N-methyl/N-ethyl adjacent to an activating group) is 1. The van der Waals surface area contributed by atoms with Gasteiger partial charge in [-0.05, 0) is 29.8 Å². The average Bonchev–Trinajstić information content (AvgIpc) is 2.70. The predicted octanol–water partition coefficient (Wildman–Crippen LogP) is 4.24. The van der Waals surface area contributed by atoms with Gasteiger partial charge in [0.05, 0.1) is 5.02 Å². The van der Waals surface area contributed by atoms with Gasteiger partial charge in [-0.15, -0.1) is 0 Å². The molecule has 0 aliphatic rings. The summed E-state index contributed by atoms with van der Waals surface area (Å²) in [5, 5.41) is 0.488. The van der Waals surface area contributed by atoms with Gasteiger partial charge >= 0.3 is 0 Å². The van der Waals surface area contributed by atoms with Gasteiger partial charge < -0.3 is 4.90 Å². The van der Waals surface area contributed by atoms with Crippen LogP contribution in [0.4, 0.5) is 0 Å². The molecule has 0 saturated carbocycles. The highest BCUT2D eigenvalue weighted by molar-refractivity contribution is 6.37. The van der Waals surface area contributed by atoms with Crippen LogP contribution in [-0.4, -0.2) is 28.2 Å². The molecule has 2 aromatic carbocycles. The van der Waals surface area contributed by atoms with Gasteiger partial charge in [-0.25, -0.2) is 0 Å². The van der Waals surface area contributed by atoms with Gasteiger partial charge in [-0.3, -0.25) is 19.0 Å². The molecule has 0 saturated heterocycles. The topological polar surface area (TPSA) is 59.4 Å². The number of hydrogen-bond donors (Lipinski definition) is 0. The van der Waals surface area contributed by atoms with Crippen LogP contribution >= 0.6 is 23.2 Å². The van der Waals surface area contributed by atoms with Crippen LogP contribution in [0.3, 0.4) is 0 Å². The molecule has 3 aromatic rings. The number of ketones is 1. The fraction of sp³-hybridized carbons (Fsp3) is 0.136. The summed E-state index contributed by atoms with van der Waals surface area (Å²) in [5.74, 6) is -1.09. The maximum Gasteiger partial charge on any atom is 0.253 e. The number of carbonyl (C=O) groups excluding carboxylic acids is 2. The monoisotopic (exact) mass is 428 g/mol. The maximum atomic E-state index is 13.3. The molecule has 29 heavy (non-hydrogen) atoms. The van der Waals surface area contributed by atoms with Crippen molar-refractivity contribution in [3.8, 4) is 0 Å². The van der Waals surface area contributed by atoms with Crippen LogP contribution in [0.1, 0.15) is 22.0 Å². The predicted molar refractivity (Wildman–Crippen MR) is 113 cm³/mol. The molecule has 0 N–H and O–H groups in total. The van der Waals surface area contributed by atoms with Crippen LogP contribution in [0.25, 0.3) is 0 Å². The summed E-state index contributed by atoms with van der Waals surface area (Å²) in [6.07, 6.45) is 1.42. The van der Waals surface area contributed by atoms with Crippen LogP contribution < -0.4 is 5.56 Å². The third-order valence-corrected chi connectivity index (χ3v) is 4.99. The molecular formula is C22H18Cl2N2O3. The largest absolute Gasteiger partial charge is 0.339 e. The molecule has 1 aromatic heterocycles. The number of amides is 1. The van der Waals surface area contributed by atoms with E-state index in [4.69, 9.17) is 23.2 Å². The second-order valence-electron chi connectivity index (χ2n) is 6.52. The molecule has 0 bridgehead atoms.